The van der Waals surface area contributed by atoms with Crippen molar-refractivity contribution in [1.82, 2.24) is 15.2 Å². The molecular weight excluding hydrogens is 358 g/mol. The van der Waals surface area contributed by atoms with E-state index >= 15 is 0 Å². The first-order valence-corrected chi connectivity index (χ1v) is 8.65. The lowest BCUT2D eigenvalue weighted by atomic mass is 10.1. The highest BCUT2D eigenvalue weighted by molar-refractivity contribution is 5.81. The van der Waals surface area contributed by atoms with E-state index in [2.05, 4.69) is 25.7 Å². The van der Waals surface area contributed by atoms with Gasteiger partial charge in [-0.3, -0.25) is 9.78 Å². The normalized spacial score (nSPS) is 10.8. The van der Waals surface area contributed by atoms with E-state index in [1.54, 1.807) is 20.2 Å². The summed E-state index contributed by atoms with van der Waals surface area (Å²) in [6.07, 6.45) is 1.58. The van der Waals surface area contributed by atoms with Gasteiger partial charge in [-0.1, -0.05) is 24.3 Å². The quantitative estimate of drug-likeness (QED) is 0.483. The van der Waals surface area contributed by atoms with Crippen molar-refractivity contribution < 1.29 is 9.47 Å². The van der Waals surface area contributed by atoms with E-state index in [0.29, 0.717) is 23.8 Å². The molecule has 0 saturated carbocycles. The second-order valence-corrected chi connectivity index (χ2v) is 6.08. The molecule has 2 N–H and O–H groups in total. The summed E-state index contributed by atoms with van der Waals surface area (Å²) in [5.41, 5.74) is 5.69. The van der Waals surface area contributed by atoms with E-state index in [9.17, 15) is 4.79 Å². The number of anilines is 1. The third-order valence-corrected chi connectivity index (χ3v) is 4.08. The van der Waals surface area contributed by atoms with Crippen molar-refractivity contribution in [2.75, 3.05) is 12.5 Å². The smallest absolute Gasteiger partial charge is 0.274 e. The Balaban J connectivity index is 1.67. The summed E-state index contributed by atoms with van der Waals surface area (Å²) >= 11 is 0. The number of nitrogens with zero attached hydrogens (tertiary/aromatic N) is 3. The van der Waals surface area contributed by atoms with Crippen molar-refractivity contribution >= 4 is 12.2 Å². The van der Waals surface area contributed by atoms with Crippen LogP contribution in [0.5, 0.6) is 11.5 Å². The Morgan fingerprint density at radius 2 is 1.96 bits per heavy atom. The van der Waals surface area contributed by atoms with Crippen LogP contribution in [0.2, 0.25) is 0 Å². The van der Waals surface area contributed by atoms with Gasteiger partial charge < -0.3 is 9.47 Å². The number of aromatic amines is 1. The molecule has 1 heterocycles. The summed E-state index contributed by atoms with van der Waals surface area (Å²) in [4.78, 5) is 14.0. The van der Waals surface area contributed by atoms with Gasteiger partial charge in [-0.25, -0.2) is 5.43 Å². The molecule has 2 aromatic carbocycles. The zero-order chi connectivity index (χ0) is 19.9. The molecule has 0 radical (unpaired) electrons. The van der Waals surface area contributed by atoms with Crippen LogP contribution >= 0.6 is 0 Å². The first-order valence-electron chi connectivity index (χ1n) is 8.65. The Labute approximate surface area is 162 Å². The monoisotopic (exact) mass is 379 g/mol. The number of benzene rings is 2. The van der Waals surface area contributed by atoms with E-state index in [0.717, 1.165) is 11.1 Å². The van der Waals surface area contributed by atoms with Crippen LogP contribution in [0.15, 0.2) is 52.4 Å². The summed E-state index contributed by atoms with van der Waals surface area (Å²) in [6.45, 7) is 4.08. The van der Waals surface area contributed by atoms with Crippen molar-refractivity contribution in [3.63, 3.8) is 0 Å². The molecule has 0 unspecified atom stereocenters. The summed E-state index contributed by atoms with van der Waals surface area (Å²) in [5.74, 6) is 1.41. The standard InChI is InChI=1S/C20H21N5O3/c1-13-6-4-5-7-16(13)12-28-17-9-8-15(10-18(17)27-3)11-21-24-20-22-19(26)14(2)23-25-20/h4-11H,12H2,1-3H3,(H2,22,24,25,26)/b21-11+. The van der Waals surface area contributed by atoms with E-state index in [1.165, 1.54) is 5.56 Å². The Bertz CT molecular complexity index is 1050. The molecule has 28 heavy (non-hydrogen) atoms. The fourth-order valence-corrected chi connectivity index (χ4v) is 2.42. The maximum Gasteiger partial charge on any atom is 0.274 e. The molecule has 0 bridgehead atoms. The maximum atomic E-state index is 11.5. The van der Waals surface area contributed by atoms with Gasteiger partial charge in [0, 0.05) is 0 Å². The molecule has 0 atom stereocenters. The Kier molecular flexibility index (Phi) is 6.01. The van der Waals surface area contributed by atoms with Crippen LogP contribution in [0.4, 0.5) is 5.95 Å². The van der Waals surface area contributed by atoms with Crippen LogP contribution in [-0.2, 0) is 6.61 Å². The van der Waals surface area contributed by atoms with Gasteiger partial charge in [0.05, 0.1) is 13.3 Å². The predicted molar refractivity (Wildman–Crippen MR) is 107 cm³/mol. The van der Waals surface area contributed by atoms with E-state index in [1.807, 2.05) is 49.4 Å². The first kappa shape index (κ1) is 19.1. The number of aromatic nitrogens is 3. The fourth-order valence-electron chi connectivity index (χ4n) is 2.42. The zero-order valence-corrected chi connectivity index (χ0v) is 15.9. The number of aryl methyl sites for hydroxylation is 2. The third-order valence-electron chi connectivity index (χ3n) is 4.08. The second-order valence-electron chi connectivity index (χ2n) is 6.08. The number of H-pyrrole nitrogens is 1. The van der Waals surface area contributed by atoms with Gasteiger partial charge in [0.25, 0.3) is 5.56 Å². The van der Waals surface area contributed by atoms with E-state index in [-0.39, 0.29) is 11.5 Å². The van der Waals surface area contributed by atoms with Gasteiger partial charge in [0.2, 0.25) is 5.95 Å². The van der Waals surface area contributed by atoms with Crippen LogP contribution in [0.3, 0.4) is 0 Å². The molecule has 0 aliphatic rings. The topological polar surface area (TPSA) is 101 Å². The lowest BCUT2D eigenvalue weighted by Gasteiger charge is -2.12. The van der Waals surface area contributed by atoms with E-state index < -0.39 is 0 Å². The second kappa shape index (κ2) is 8.81. The van der Waals surface area contributed by atoms with Crippen molar-refractivity contribution in [3.05, 3.63) is 75.2 Å². The summed E-state index contributed by atoms with van der Waals surface area (Å²) < 4.78 is 11.3. The molecule has 1 aromatic heterocycles. The van der Waals surface area contributed by atoms with Crippen molar-refractivity contribution in [2.45, 2.75) is 20.5 Å². The average molecular weight is 379 g/mol. The highest BCUT2D eigenvalue weighted by atomic mass is 16.5. The van der Waals surface area contributed by atoms with Crippen LogP contribution in [0, 0.1) is 13.8 Å². The zero-order valence-electron chi connectivity index (χ0n) is 15.9. The van der Waals surface area contributed by atoms with Gasteiger partial charge in [-0.05, 0) is 48.7 Å². The van der Waals surface area contributed by atoms with E-state index in [4.69, 9.17) is 9.47 Å². The lowest BCUT2D eigenvalue weighted by molar-refractivity contribution is 0.284. The average Bonchev–Trinajstić information content (AvgIpc) is 2.70. The van der Waals surface area contributed by atoms with Gasteiger partial charge in [0.1, 0.15) is 12.3 Å². The number of rotatable bonds is 7. The highest BCUT2D eigenvalue weighted by Gasteiger charge is 2.07. The highest BCUT2D eigenvalue weighted by Crippen LogP contribution is 2.28. The molecule has 0 aliphatic carbocycles. The van der Waals surface area contributed by atoms with Crippen LogP contribution in [0.25, 0.3) is 0 Å². The molecular formula is C20H21N5O3. The van der Waals surface area contributed by atoms with Crippen LogP contribution in [0.1, 0.15) is 22.4 Å². The minimum absolute atomic E-state index is 0.164. The summed E-state index contributed by atoms with van der Waals surface area (Å²) in [5, 5.41) is 11.6. The van der Waals surface area contributed by atoms with Crippen molar-refractivity contribution in [2.24, 2.45) is 5.10 Å². The maximum absolute atomic E-state index is 11.5. The lowest BCUT2D eigenvalue weighted by Crippen LogP contribution is -2.15. The molecule has 3 rings (SSSR count). The fraction of sp³-hybridized carbons (Fsp3) is 0.200. The van der Waals surface area contributed by atoms with Gasteiger partial charge in [-0.15, -0.1) is 10.2 Å². The summed E-state index contributed by atoms with van der Waals surface area (Å²) in [6, 6.07) is 13.6. The van der Waals surface area contributed by atoms with Crippen LogP contribution in [-0.4, -0.2) is 28.5 Å². The third kappa shape index (κ3) is 4.73. The Hall–Kier alpha value is -3.68. The van der Waals surface area contributed by atoms with Gasteiger partial charge in [-0.2, -0.15) is 5.10 Å². The van der Waals surface area contributed by atoms with Crippen molar-refractivity contribution in [1.29, 1.82) is 0 Å². The molecule has 0 amide bonds. The van der Waals surface area contributed by atoms with Gasteiger partial charge in [0.15, 0.2) is 11.5 Å². The SMILES string of the molecule is COc1cc(/C=N/Nc2nnc(C)c(=O)[nH]2)ccc1OCc1ccccc1C. The predicted octanol–water partition coefficient (Wildman–Crippen LogP) is 2.82. The summed E-state index contributed by atoms with van der Waals surface area (Å²) in [7, 11) is 1.59. The largest absolute Gasteiger partial charge is 0.493 e. The molecule has 8 nitrogen and oxygen atoms in total. The molecule has 144 valence electrons. The molecule has 8 heteroatoms. The number of hydrogen-bond acceptors (Lipinski definition) is 7. The Morgan fingerprint density at radius 3 is 2.71 bits per heavy atom. The Morgan fingerprint density at radius 1 is 1.14 bits per heavy atom. The van der Waals surface area contributed by atoms with Crippen LogP contribution < -0.4 is 20.5 Å². The molecule has 0 fully saturated rings. The number of methoxy groups -OCH3 is 1. The van der Waals surface area contributed by atoms with Gasteiger partial charge >= 0.3 is 0 Å². The number of hydrogen-bond donors (Lipinski definition) is 2. The molecule has 0 saturated heterocycles. The molecule has 0 aliphatic heterocycles. The first-order chi connectivity index (χ1) is 13.6. The minimum Gasteiger partial charge on any atom is -0.493 e. The molecule has 3 aromatic rings. The molecule has 0 spiro atoms. The number of ether oxygens (including phenoxy) is 2. The number of hydrazone groups is 1. The van der Waals surface area contributed by atoms with Crippen molar-refractivity contribution in [3.8, 4) is 11.5 Å². The number of nitrogens with one attached hydrogen (secondary N) is 2. The minimum atomic E-state index is -0.315.